The van der Waals surface area contributed by atoms with Crippen LogP contribution in [-0.2, 0) is 4.79 Å². The average Bonchev–Trinajstić information content (AvgIpc) is 3.04. The van der Waals surface area contributed by atoms with Crippen molar-refractivity contribution >= 4 is 23.8 Å². The van der Waals surface area contributed by atoms with Crippen molar-refractivity contribution in [1.29, 1.82) is 0 Å². The maximum Gasteiger partial charge on any atom is 0.344 e. The Kier molecular flexibility index (Phi) is 3.15. The van der Waals surface area contributed by atoms with Crippen molar-refractivity contribution in [3.63, 3.8) is 0 Å². The number of amides is 3. The summed E-state index contributed by atoms with van der Waals surface area (Å²) in [6.07, 6.45) is 1.39. The molecule has 2 heterocycles. The second-order valence-corrected chi connectivity index (χ2v) is 4.48. The third-order valence-electron chi connectivity index (χ3n) is 2.92. The lowest BCUT2D eigenvalue weighted by atomic mass is 10.1. The normalized spacial score (nSPS) is 15.0. The van der Waals surface area contributed by atoms with Gasteiger partial charge in [0.1, 0.15) is 18.1 Å². The summed E-state index contributed by atoms with van der Waals surface area (Å²) in [7, 11) is 0. The van der Waals surface area contributed by atoms with E-state index < -0.39 is 6.03 Å². The van der Waals surface area contributed by atoms with Gasteiger partial charge in [-0.15, -0.1) is 0 Å². The molecule has 3 rings (SSSR count). The van der Waals surface area contributed by atoms with Gasteiger partial charge in [-0.05, 0) is 36.4 Å². The summed E-state index contributed by atoms with van der Waals surface area (Å²) in [6, 6.07) is 10.2. The lowest BCUT2D eigenvalue weighted by Crippen LogP contribution is -2.24. The van der Waals surface area contributed by atoms with E-state index in [2.05, 4.69) is 10.4 Å². The lowest BCUT2D eigenvalue weighted by Gasteiger charge is -2.02. The molecule has 1 aliphatic rings. The number of rotatable bonds is 3. The van der Waals surface area contributed by atoms with Crippen molar-refractivity contribution in [3.8, 4) is 11.3 Å². The summed E-state index contributed by atoms with van der Waals surface area (Å²) in [5.41, 5.74) is 7.19. The lowest BCUT2D eigenvalue weighted by molar-refractivity contribution is -0.118. The van der Waals surface area contributed by atoms with Gasteiger partial charge in [-0.1, -0.05) is 0 Å². The molecule has 1 saturated heterocycles. The van der Waals surface area contributed by atoms with Gasteiger partial charge in [0.2, 0.25) is 5.91 Å². The number of benzene rings is 1. The van der Waals surface area contributed by atoms with Crippen molar-refractivity contribution in [1.82, 2.24) is 10.3 Å². The quantitative estimate of drug-likeness (QED) is 0.505. The molecule has 0 bridgehead atoms. The predicted octanol–water partition coefficient (Wildman–Crippen LogP) is 1.41. The minimum atomic E-state index is -0.540. The Morgan fingerprint density at radius 2 is 1.95 bits per heavy atom. The van der Waals surface area contributed by atoms with E-state index in [1.54, 1.807) is 24.3 Å². The summed E-state index contributed by atoms with van der Waals surface area (Å²) >= 11 is 0. The van der Waals surface area contributed by atoms with Crippen LogP contribution in [-0.4, -0.2) is 29.7 Å². The minimum Gasteiger partial charge on any atom is -0.455 e. The number of hydrazone groups is 1. The van der Waals surface area contributed by atoms with Gasteiger partial charge in [-0.2, -0.15) is 5.10 Å². The average molecular weight is 284 g/mol. The Hall–Kier alpha value is -3.09. The molecule has 3 N–H and O–H groups in total. The van der Waals surface area contributed by atoms with E-state index in [0.717, 1.165) is 10.6 Å². The molecule has 0 radical (unpaired) electrons. The molecule has 0 saturated carbocycles. The molecule has 0 aliphatic carbocycles. The number of furan rings is 1. The molecule has 1 aliphatic heterocycles. The number of hydrogen-bond donors (Lipinski definition) is 2. The summed E-state index contributed by atoms with van der Waals surface area (Å²) < 4.78 is 5.60. The molecule has 0 atom stereocenters. The Balaban J connectivity index is 1.75. The van der Waals surface area contributed by atoms with Gasteiger partial charge in [0.15, 0.2) is 0 Å². The smallest absolute Gasteiger partial charge is 0.344 e. The number of nitrogens with one attached hydrogen (secondary N) is 1. The SMILES string of the molecule is Nc1ccc(-c2ccc(/C=N\N3CC(=O)NC3=O)o2)cc1. The number of nitrogens with two attached hydrogens (primary N) is 1. The molecule has 7 heteroatoms. The fourth-order valence-corrected chi connectivity index (χ4v) is 1.88. The number of carbonyl (C=O) groups is 2. The van der Waals surface area contributed by atoms with Crippen LogP contribution in [0.3, 0.4) is 0 Å². The zero-order valence-electron chi connectivity index (χ0n) is 10.9. The van der Waals surface area contributed by atoms with Gasteiger partial charge in [-0.25, -0.2) is 9.80 Å². The fourth-order valence-electron chi connectivity index (χ4n) is 1.88. The van der Waals surface area contributed by atoms with E-state index in [1.807, 2.05) is 12.1 Å². The summed E-state index contributed by atoms with van der Waals surface area (Å²) in [6.45, 7) is -0.0825. The summed E-state index contributed by atoms with van der Waals surface area (Å²) in [4.78, 5) is 22.3. The molecule has 106 valence electrons. The number of carbonyl (C=O) groups excluding carboxylic acids is 2. The molecule has 3 amide bonds. The van der Waals surface area contributed by atoms with Crippen molar-refractivity contribution in [2.45, 2.75) is 0 Å². The molecule has 21 heavy (non-hydrogen) atoms. The Bertz CT molecular complexity index is 718. The van der Waals surface area contributed by atoms with E-state index in [1.165, 1.54) is 6.21 Å². The van der Waals surface area contributed by atoms with Crippen LogP contribution in [0.4, 0.5) is 10.5 Å². The number of urea groups is 1. The van der Waals surface area contributed by atoms with Crippen molar-refractivity contribution in [2.24, 2.45) is 5.10 Å². The van der Waals surface area contributed by atoms with Crippen molar-refractivity contribution in [2.75, 3.05) is 12.3 Å². The van der Waals surface area contributed by atoms with E-state index >= 15 is 0 Å². The van der Waals surface area contributed by atoms with Crippen molar-refractivity contribution < 1.29 is 14.0 Å². The van der Waals surface area contributed by atoms with Crippen LogP contribution >= 0.6 is 0 Å². The molecule has 0 unspecified atom stereocenters. The Labute approximate surface area is 120 Å². The van der Waals surface area contributed by atoms with E-state index in [0.29, 0.717) is 17.2 Å². The molecule has 7 nitrogen and oxygen atoms in total. The van der Waals surface area contributed by atoms with Crippen LogP contribution in [0.2, 0.25) is 0 Å². The van der Waals surface area contributed by atoms with Crippen LogP contribution in [0.1, 0.15) is 5.76 Å². The minimum absolute atomic E-state index is 0.0825. The topological polar surface area (TPSA) is 101 Å². The Morgan fingerprint density at radius 3 is 2.62 bits per heavy atom. The number of anilines is 1. The standard InChI is InChI=1S/C14H12N4O3/c15-10-3-1-9(2-4-10)12-6-5-11(21-12)7-16-18-8-13(19)17-14(18)20/h1-7H,8,15H2,(H,17,19,20)/b16-7-. The first-order chi connectivity index (χ1) is 10.1. The molecule has 0 spiro atoms. The van der Waals surface area contributed by atoms with Gasteiger partial charge in [-0.3, -0.25) is 10.1 Å². The summed E-state index contributed by atoms with van der Waals surface area (Å²) in [5.74, 6) is 0.770. The zero-order valence-corrected chi connectivity index (χ0v) is 10.9. The van der Waals surface area contributed by atoms with Crippen LogP contribution in [0.15, 0.2) is 45.9 Å². The highest BCUT2D eigenvalue weighted by Gasteiger charge is 2.25. The molecular weight excluding hydrogens is 272 g/mol. The highest BCUT2D eigenvalue weighted by Crippen LogP contribution is 2.22. The van der Waals surface area contributed by atoms with Gasteiger partial charge in [0.25, 0.3) is 0 Å². The van der Waals surface area contributed by atoms with Gasteiger partial charge < -0.3 is 10.2 Å². The van der Waals surface area contributed by atoms with E-state index in [9.17, 15) is 9.59 Å². The highest BCUT2D eigenvalue weighted by atomic mass is 16.3. The second-order valence-electron chi connectivity index (χ2n) is 4.48. The van der Waals surface area contributed by atoms with Crippen molar-refractivity contribution in [3.05, 3.63) is 42.2 Å². The molecule has 2 aromatic rings. The van der Waals surface area contributed by atoms with Gasteiger partial charge >= 0.3 is 6.03 Å². The maximum absolute atomic E-state index is 11.3. The maximum atomic E-state index is 11.3. The van der Waals surface area contributed by atoms with Crippen LogP contribution in [0.25, 0.3) is 11.3 Å². The van der Waals surface area contributed by atoms with Crippen LogP contribution in [0.5, 0.6) is 0 Å². The first kappa shape index (κ1) is 12.9. The largest absolute Gasteiger partial charge is 0.455 e. The van der Waals surface area contributed by atoms with Crippen LogP contribution < -0.4 is 11.1 Å². The number of imide groups is 1. The third-order valence-corrected chi connectivity index (χ3v) is 2.92. The van der Waals surface area contributed by atoms with Crippen LogP contribution in [0, 0.1) is 0 Å². The fraction of sp³-hybridized carbons (Fsp3) is 0.0714. The number of nitrogens with zero attached hydrogens (tertiary/aromatic N) is 2. The first-order valence-electron chi connectivity index (χ1n) is 6.23. The van der Waals surface area contributed by atoms with E-state index in [-0.39, 0.29) is 12.5 Å². The van der Waals surface area contributed by atoms with Gasteiger partial charge in [0.05, 0.1) is 6.21 Å². The highest BCUT2D eigenvalue weighted by molar-refractivity contribution is 6.02. The molecule has 1 aromatic heterocycles. The number of hydrogen-bond acceptors (Lipinski definition) is 5. The molecule has 1 fully saturated rings. The monoisotopic (exact) mass is 284 g/mol. The second kappa shape index (κ2) is 5.12. The molecule has 1 aromatic carbocycles. The number of nitrogen functional groups attached to an aromatic ring is 1. The first-order valence-corrected chi connectivity index (χ1v) is 6.23. The third kappa shape index (κ3) is 2.76. The molecular formula is C14H12N4O3. The summed E-state index contributed by atoms with van der Waals surface area (Å²) in [5, 5.41) is 7.07. The Morgan fingerprint density at radius 1 is 1.19 bits per heavy atom. The van der Waals surface area contributed by atoms with Gasteiger partial charge in [0, 0.05) is 11.3 Å². The van der Waals surface area contributed by atoms with E-state index in [4.69, 9.17) is 10.2 Å². The predicted molar refractivity (Wildman–Crippen MR) is 76.4 cm³/mol. The zero-order chi connectivity index (χ0) is 14.8.